The van der Waals surface area contributed by atoms with Crippen LogP contribution in [0.15, 0.2) is 18.2 Å². The Bertz CT molecular complexity index is 457. The molecule has 0 aliphatic heterocycles. The highest BCUT2D eigenvalue weighted by Crippen LogP contribution is 2.24. The number of anilines is 1. The van der Waals surface area contributed by atoms with Crippen LogP contribution in [0, 0.1) is 5.92 Å². The number of rotatable bonds is 3. The van der Waals surface area contributed by atoms with Gasteiger partial charge in [0.15, 0.2) is 0 Å². The number of carbonyl (C=O) groups excluding carboxylic acids is 1. The fraction of sp³-hybridized carbons (Fsp3) is 0.500. The van der Waals surface area contributed by atoms with Crippen molar-refractivity contribution >= 4 is 23.2 Å². The molecule has 1 amide bonds. The van der Waals surface area contributed by atoms with Gasteiger partial charge in [0.05, 0.1) is 16.7 Å². The first-order chi connectivity index (χ1) is 9.06. The number of hydrogen-bond donors (Lipinski definition) is 3. The van der Waals surface area contributed by atoms with Crippen molar-refractivity contribution in [3.05, 3.63) is 28.8 Å². The van der Waals surface area contributed by atoms with Crippen molar-refractivity contribution in [3.63, 3.8) is 0 Å². The minimum Gasteiger partial charge on any atom is -0.399 e. The summed E-state index contributed by atoms with van der Waals surface area (Å²) in [5.74, 6) is 0.246. The lowest BCUT2D eigenvalue weighted by Crippen LogP contribution is -2.32. The molecule has 1 fully saturated rings. The monoisotopic (exact) mass is 282 g/mol. The van der Waals surface area contributed by atoms with Gasteiger partial charge in [-0.3, -0.25) is 4.79 Å². The zero-order valence-corrected chi connectivity index (χ0v) is 11.5. The van der Waals surface area contributed by atoms with Crippen molar-refractivity contribution in [2.45, 2.75) is 31.8 Å². The molecule has 1 aromatic rings. The van der Waals surface area contributed by atoms with Crippen LogP contribution in [0.2, 0.25) is 5.02 Å². The fourth-order valence-electron chi connectivity index (χ4n) is 2.40. The molecule has 0 heterocycles. The molecular formula is C14H19ClN2O2. The Balaban J connectivity index is 1.89. The van der Waals surface area contributed by atoms with Gasteiger partial charge in [0.25, 0.3) is 5.91 Å². The number of aliphatic hydroxyl groups is 1. The minimum absolute atomic E-state index is 0.171. The largest absolute Gasteiger partial charge is 0.399 e. The van der Waals surface area contributed by atoms with E-state index in [1.807, 2.05) is 0 Å². The Morgan fingerprint density at radius 2 is 2.05 bits per heavy atom. The molecule has 1 aliphatic rings. The topological polar surface area (TPSA) is 75.4 Å². The molecule has 0 spiro atoms. The van der Waals surface area contributed by atoms with Gasteiger partial charge in [-0.25, -0.2) is 0 Å². The van der Waals surface area contributed by atoms with Crippen LogP contribution in [-0.2, 0) is 0 Å². The maximum Gasteiger partial charge on any atom is 0.252 e. The summed E-state index contributed by atoms with van der Waals surface area (Å²) in [6.45, 7) is 0.622. The third kappa shape index (κ3) is 3.85. The van der Waals surface area contributed by atoms with E-state index >= 15 is 0 Å². The van der Waals surface area contributed by atoms with E-state index in [9.17, 15) is 9.90 Å². The van der Waals surface area contributed by atoms with E-state index < -0.39 is 0 Å². The molecule has 0 unspecified atom stereocenters. The maximum absolute atomic E-state index is 12.0. The van der Waals surface area contributed by atoms with Crippen LogP contribution in [0.3, 0.4) is 0 Å². The lowest BCUT2D eigenvalue weighted by molar-refractivity contribution is 0.0910. The Morgan fingerprint density at radius 1 is 1.37 bits per heavy atom. The molecule has 0 aromatic heterocycles. The molecule has 1 saturated carbocycles. The van der Waals surface area contributed by atoms with Crippen molar-refractivity contribution in [3.8, 4) is 0 Å². The van der Waals surface area contributed by atoms with E-state index in [-0.39, 0.29) is 12.0 Å². The zero-order chi connectivity index (χ0) is 13.8. The van der Waals surface area contributed by atoms with Crippen LogP contribution in [0.25, 0.3) is 0 Å². The lowest BCUT2D eigenvalue weighted by atomic mass is 9.87. The smallest absolute Gasteiger partial charge is 0.252 e. The molecule has 5 heteroatoms. The summed E-state index contributed by atoms with van der Waals surface area (Å²) in [7, 11) is 0. The molecule has 0 saturated heterocycles. The van der Waals surface area contributed by atoms with Crippen molar-refractivity contribution in [2.24, 2.45) is 5.92 Å². The van der Waals surface area contributed by atoms with E-state index in [4.69, 9.17) is 17.3 Å². The van der Waals surface area contributed by atoms with Gasteiger partial charge in [-0.1, -0.05) is 11.6 Å². The van der Waals surface area contributed by atoms with Crippen LogP contribution < -0.4 is 11.1 Å². The van der Waals surface area contributed by atoms with Crippen molar-refractivity contribution in [1.82, 2.24) is 5.32 Å². The Morgan fingerprint density at radius 3 is 2.74 bits per heavy atom. The first-order valence-electron chi connectivity index (χ1n) is 6.57. The van der Waals surface area contributed by atoms with Crippen LogP contribution in [0.1, 0.15) is 36.0 Å². The predicted octanol–water partition coefficient (Wildman–Crippen LogP) is 2.20. The van der Waals surface area contributed by atoms with Gasteiger partial charge >= 0.3 is 0 Å². The molecule has 0 atom stereocenters. The van der Waals surface area contributed by atoms with Crippen molar-refractivity contribution < 1.29 is 9.90 Å². The van der Waals surface area contributed by atoms with Crippen molar-refractivity contribution in [1.29, 1.82) is 0 Å². The molecule has 0 radical (unpaired) electrons. The number of nitrogen functional groups attached to an aromatic ring is 1. The van der Waals surface area contributed by atoms with Gasteiger partial charge in [-0.05, 0) is 49.8 Å². The third-order valence-electron chi connectivity index (χ3n) is 3.60. The predicted molar refractivity (Wildman–Crippen MR) is 76.2 cm³/mol. The molecule has 104 valence electrons. The number of benzene rings is 1. The van der Waals surface area contributed by atoms with Crippen LogP contribution in [-0.4, -0.2) is 23.7 Å². The number of aliphatic hydroxyl groups excluding tert-OH is 1. The van der Waals surface area contributed by atoms with Crippen LogP contribution in [0.5, 0.6) is 0 Å². The third-order valence-corrected chi connectivity index (χ3v) is 3.93. The second kappa shape index (κ2) is 6.26. The van der Waals surface area contributed by atoms with Gasteiger partial charge in [0, 0.05) is 12.2 Å². The average molecular weight is 283 g/mol. The highest BCUT2D eigenvalue weighted by Gasteiger charge is 2.20. The SMILES string of the molecule is Nc1ccc(Cl)c(C(=O)NCC2CCC(O)CC2)c1. The van der Waals surface area contributed by atoms with E-state index in [2.05, 4.69) is 5.32 Å². The molecular weight excluding hydrogens is 264 g/mol. The lowest BCUT2D eigenvalue weighted by Gasteiger charge is -2.25. The summed E-state index contributed by atoms with van der Waals surface area (Å²) in [5.41, 5.74) is 6.59. The van der Waals surface area contributed by atoms with E-state index in [1.165, 1.54) is 0 Å². The first-order valence-corrected chi connectivity index (χ1v) is 6.95. The zero-order valence-electron chi connectivity index (χ0n) is 10.7. The second-order valence-electron chi connectivity index (χ2n) is 5.12. The maximum atomic E-state index is 12.0. The number of carbonyl (C=O) groups is 1. The summed E-state index contributed by atoms with van der Waals surface area (Å²) in [6, 6.07) is 4.88. The summed E-state index contributed by atoms with van der Waals surface area (Å²) in [5, 5.41) is 12.7. The minimum atomic E-state index is -0.191. The summed E-state index contributed by atoms with van der Waals surface area (Å²) in [6.07, 6.45) is 3.37. The van der Waals surface area contributed by atoms with E-state index in [0.717, 1.165) is 25.7 Å². The molecule has 2 rings (SSSR count). The summed E-state index contributed by atoms with van der Waals surface area (Å²) in [4.78, 5) is 12.0. The highest BCUT2D eigenvalue weighted by molar-refractivity contribution is 6.34. The van der Waals surface area contributed by atoms with Gasteiger partial charge in [0.2, 0.25) is 0 Å². The number of nitrogens with one attached hydrogen (secondary N) is 1. The standard InChI is InChI=1S/C14H19ClN2O2/c15-13-6-3-10(16)7-12(13)14(19)17-8-9-1-4-11(18)5-2-9/h3,6-7,9,11,18H,1-2,4-5,8,16H2,(H,17,19). The van der Waals surface area contributed by atoms with Gasteiger partial charge < -0.3 is 16.2 Å². The molecule has 19 heavy (non-hydrogen) atoms. The van der Waals surface area contributed by atoms with E-state index in [1.54, 1.807) is 18.2 Å². The van der Waals surface area contributed by atoms with Crippen LogP contribution in [0.4, 0.5) is 5.69 Å². The number of nitrogens with two attached hydrogens (primary N) is 1. The Hall–Kier alpha value is -1.26. The molecule has 4 nitrogen and oxygen atoms in total. The second-order valence-corrected chi connectivity index (χ2v) is 5.53. The molecule has 1 aliphatic carbocycles. The fourth-order valence-corrected chi connectivity index (χ4v) is 2.60. The van der Waals surface area contributed by atoms with Gasteiger partial charge in [0.1, 0.15) is 0 Å². The number of hydrogen-bond acceptors (Lipinski definition) is 3. The van der Waals surface area contributed by atoms with Crippen LogP contribution >= 0.6 is 11.6 Å². The highest BCUT2D eigenvalue weighted by atomic mass is 35.5. The summed E-state index contributed by atoms with van der Waals surface area (Å²) >= 11 is 5.98. The van der Waals surface area contributed by atoms with E-state index in [0.29, 0.717) is 28.7 Å². The molecule has 1 aromatic carbocycles. The Kier molecular flexibility index (Phi) is 4.66. The summed E-state index contributed by atoms with van der Waals surface area (Å²) < 4.78 is 0. The molecule has 4 N–H and O–H groups in total. The average Bonchev–Trinajstić information content (AvgIpc) is 2.40. The molecule has 0 bridgehead atoms. The Labute approximate surface area is 117 Å². The normalized spacial score (nSPS) is 23.1. The number of amides is 1. The number of halogens is 1. The first kappa shape index (κ1) is 14.2. The van der Waals surface area contributed by atoms with Crippen molar-refractivity contribution in [2.75, 3.05) is 12.3 Å². The van der Waals surface area contributed by atoms with Gasteiger partial charge in [-0.15, -0.1) is 0 Å². The quantitative estimate of drug-likeness (QED) is 0.744. The van der Waals surface area contributed by atoms with Gasteiger partial charge in [-0.2, -0.15) is 0 Å².